The summed E-state index contributed by atoms with van der Waals surface area (Å²) in [5.41, 5.74) is 1.95. The number of carboxylic acids is 1. The summed E-state index contributed by atoms with van der Waals surface area (Å²) in [5, 5.41) is 12.4. The highest BCUT2D eigenvalue weighted by molar-refractivity contribution is 6.20. The molecule has 0 atom stereocenters. The molecule has 0 aliphatic rings. The van der Waals surface area contributed by atoms with E-state index in [-0.39, 0.29) is 11.5 Å². The van der Waals surface area contributed by atoms with Crippen molar-refractivity contribution in [1.29, 1.82) is 0 Å². The van der Waals surface area contributed by atoms with Crippen LogP contribution in [0.3, 0.4) is 0 Å². The van der Waals surface area contributed by atoms with Crippen LogP contribution in [0.5, 0.6) is 23.0 Å². The van der Waals surface area contributed by atoms with Crippen molar-refractivity contribution >= 4 is 29.2 Å². The Morgan fingerprint density at radius 3 is 1.81 bits per heavy atom. The average Bonchev–Trinajstić information content (AvgIpc) is 2.78. The Labute approximate surface area is 185 Å². The number of anilines is 1. The maximum absolute atomic E-state index is 11.9. The molecular formula is C25H23NO6. The average molecular weight is 433 g/mol. The van der Waals surface area contributed by atoms with Gasteiger partial charge < -0.3 is 24.6 Å². The van der Waals surface area contributed by atoms with Crippen molar-refractivity contribution in [3.05, 3.63) is 77.9 Å². The topological polar surface area (TPSA) is 94.1 Å². The first-order valence-electron chi connectivity index (χ1n) is 9.72. The molecule has 0 radical (unpaired) electrons. The lowest BCUT2D eigenvalue weighted by Crippen LogP contribution is -2.05. The van der Waals surface area contributed by atoms with Gasteiger partial charge in [-0.1, -0.05) is 12.1 Å². The summed E-state index contributed by atoms with van der Waals surface area (Å²) in [6, 6.07) is 18.9. The third kappa shape index (κ3) is 5.89. The quantitative estimate of drug-likeness (QED) is 0.380. The molecule has 0 spiro atoms. The van der Waals surface area contributed by atoms with Crippen LogP contribution in [0.15, 0.2) is 66.7 Å². The van der Waals surface area contributed by atoms with E-state index < -0.39 is 5.97 Å². The Bertz CT molecular complexity index is 1110. The molecular weight excluding hydrogens is 410 g/mol. The van der Waals surface area contributed by atoms with E-state index in [0.717, 1.165) is 0 Å². The second-order valence-electron chi connectivity index (χ2n) is 6.84. The molecule has 1 amide bonds. The van der Waals surface area contributed by atoms with Crippen LogP contribution < -0.4 is 19.5 Å². The molecule has 2 N–H and O–H groups in total. The molecule has 0 aliphatic heterocycles. The highest BCUT2D eigenvalue weighted by atomic mass is 16.5. The van der Waals surface area contributed by atoms with Crippen molar-refractivity contribution < 1.29 is 28.9 Å². The third-order valence-corrected chi connectivity index (χ3v) is 4.49. The van der Waals surface area contributed by atoms with E-state index in [0.29, 0.717) is 39.8 Å². The van der Waals surface area contributed by atoms with Gasteiger partial charge in [-0.05, 0) is 65.7 Å². The largest absolute Gasteiger partial charge is 0.497 e. The fraction of sp³-hybridized carbons (Fsp3) is 0.120. The van der Waals surface area contributed by atoms with Gasteiger partial charge in [0.15, 0.2) is 0 Å². The molecule has 32 heavy (non-hydrogen) atoms. The highest BCUT2D eigenvalue weighted by Gasteiger charge is 2.12. The molecule has 0 heterocycles. The van der Waals surface area contributed by atoms with Crippen molar-refractivity contribution in [3.63, 3.8) is 0 Å². The molecule has 0 aliphatic carbocycles. The summed E-state index contributed by atoms with van der Waals surface area (Å²) in [4.78, 5) is 23.0. The van der Waals surface area contributed by atoms with Crippen LogP contribution in [-0.2, 0) is 9.59 Å². The van der Waals surface area contributed by atoms with Crippen molar-refractivity contribution in [2.45, 2.75) is 6.92 Å². The number of rotatable bonds is 8. The molecule has 0 bridgehead atoms. The molecule has 0 unspecified atom stereocenters. The first kappa shape index (κ1) is 22.4. The van der Waals surface area contributed by atoms with Crippen molar-refractivity contribution in [2.75, 3.05) is 19.5 Å². The zero-order chi connectivity index (χ0) is 23.1. The molecule has 3 aromatic carbocycles. The molecule has 0 saturated carbocycles. The molecule has 0 fully saturated rings. The van der Waals surface area contributed by atoms with Gasteiger partial charge in [-0.3, -0.25) is 4.79 Å². The fourth-order valence-corrected chi connectivity index (χ4v) is 3.00. The maximum Gasteiger partial charge on any atom is 0.336 e. The van der Waals surface area contributed by atoms with Gasteiger partial charge in [0.05, 0.1) is 19.8 Å². The molecule has 0 aromatic heterocycles. The normalized spacial score (nSPS) is 10.9. The SMILES string of the molecule is COc1cc(/C=C(/C(=O)O)c2ccc(Oc3ccc(NC(C)=O)cc3)cc2)cc(OC)c1. The Balaban J connectivity index is 1.81. The minimum absolute atomic E-state index is 0.117. The summed E-state index contributed by atoms with van der Waals surface area (Å²) in [5.74, 6) is 1.05. The van der Waals surface area contributed by atoms with Gasteiger partial charge in [-0.2, -0.15) is 0 Å². The summed E-state index contributed by atoms with van der Waals surface area (Å²) >= 11 is 0. The van der Waals surface area contributed by atoms with E-state index in [9.17, 15) is 14.7 Å². The van der Waals surface area contributed by atoms with E-state index in [2.05, 4.69) is 5.32 Å². The fourth-order valence-electron chi connectivity index (χ4n) is 3.00. The Hall–Kier alpha value is -4.26. The summed E-state index contributed by atoms with van der Waals surface area (Å²) in [6.45, 7) is 1.44. The number of carbonyl (C=O) groups excluding carboxylic acids is 1. The lowest BCUT2D eigenvalue weighted by atomic mass is 10.0. The number of carboxylic acid groups (broad SMARTS) is 1. The second kappa shape index (κ2) is 10.2. The zero-order valence-corrected chi connectivity index (χ0v) is 17.9. The van der Waals surface area contributed by atoms with Crippen LogP contribution in [0.25, 0.3) is 11.6 Å². The molecule has 164 valence electrons. The minimum Gasteiger partial charge on any atom is -0.497 e. The summed E-state index contributed by atoms with van der Waals surface area (Å²) in [7, 11) is 3.07. The minimum atomic E-state index is -1.06. The molecule has 7 heteroatoms. The number of benzene rings is 3. The molecule has 3 rings (SSSR count). The number of ether oxygens (including phenoxy) is 3. The monoisotopic (exact) mass is 433 g/mol. The van der Waals surface area contributed by atoms with Crippen LogP contribution in [0, 0.1) is 0 Å². The summed E-state index contributed by atoms with van der Waals surface area (Å²) in [6.07, 6.45) is 1.56. The molecule has 0 saturated heterocycles. The van der Waals surface area contributed by atoms with Crippen molar-refractivity contribution in [1.82, 2.24) is 0 Å². The lowest BCUT2D eigenvalue weighted by Gasteiger charge is -2.10. The van der Waals surface area contributed by atoms with Gasteiger partial charge in [0.2, 0.25) is 5.91 Å². The first-order valence-corrected chi connectivity index (χ1v) is 9.72. The highest BCUT2D eigenvalue weighted by Crippen LogP contribution is 2.28. The van der Waals surface area contributed by atoms with Gasteiger partial charge in [-0.15, -0.1) is 0 Å². The maximum atomic E-state index is 11.9. The predicted octanol–water partition coefficient (Wildman–Crippen LogP) is 5.08. The number of aliphatic carboxylic acids is 1. The third-order valence-electron chi connectivity index (χ3n) is 4.49. The van der Waals surface area contributed by atoms with Gasteiger partial charge in [0.1, 0.15) is 23.0 Å². The van der Waals surface area contributed by atoms with Crippen LogP contribution in [-0.4, -0.2) is 31.2 Å². The predicted molar refractivity (Wildman–Crippen MR) is 122 cm³/mol. The molecule has 3 aromatic rings. The summed E-state index contributed by atoms with van der Waals surface area (Å²) < 4.78 is 16.3. The van der Waals surface area contributed by atoms with E-state index in [4.69, 9.17) is 14.2 Å². The number of amides is 1. The smallest absolute Gasteiger partial charge is 0.336 e. The standard InChI is InChI=1S/C25H23NO6/c1-16(27)26-19-6-10-21(11-7-19)32-20-8-4-18(5-9-20)24(25(28)29)14-17-12-22(30-2)15-23(13-17)31-3/h4-15H,1-3H3,(H,26,27)(H,28,29)/b24-14+. The first-order chi connectivity index (χ1) is 15.4. The zero-order valence-electron chi connectivity index (χ0n) is 17.9. The van der Waals surface area contributed by atoms with E-state index >= 15 is 0 Å². The number of methoxy groups -OCH3 is 2. The Kier molecular flexibility index (Phi) is 7.13. The van der Waals surface area contributed by atoms with E-state index in [1.54, 1.807) is 72.8 Å². The second-order valence-corrected chi connectivity index (χ2v) is 6.84. The van der Waals surface area contributed by atoms with Crippen LogP contribution >= 0.6 is 0 Å². The number of nitrogens with one attached hydrogen (secondary N) is 1. The molecule has 7 nitrogen and oxygen atoms in total. The number of hydrogen-bond donors (Lipinski definition) is 2. The van der Waals surface area contributed by atoms with E-state index in [1.165, 1.54) is 21.1 Å². The van der Waals surface area contributed by atoms with Crippen LogP contribution in [0.1, 0.15) is 18.1 Å². The number of hydrogen-bond acceptors (Lipinski definition) is 5. The van der Waals surface area contributed by atoms with Gasteiger partial charge in [-0.25, -0.2) is 4.79 Å². The van der Waals surface area contributed by atoms with Gasteiger partial charge in [0.25, 0.3) is 0 Å². The van der Waals surface area contributed by atoms with E-state index in [1.807, 2.05) is 0 Å². The van der Waals surface area contributed by atoms with Crippen molar-refractivity contribution in [2.24, 2.45) is 0 Å². The number of carbonyl (C=O) groups is 2. The van der Waals surface area contributed by atoms with Crippen molar-refractivity contribution in [3.8, 4) is 23.0 Å². The van der Waals surface area contributed by atoms with Gasteiger partial charge >= 0.3 is 5.97 Å². The Morgan fingerprint density at radius 1 is 0.812 bits per heavy atom. The Morgan fingerprint density at radius 2 is 1.34 bits per heavy atom. The van der Waals surface area contributed by atoms with Crippen LogP contribution in [0.2, 0.25) is 0 Å². The van der Waals surface area contributed by atoms with Gasteiger partial charge in [0, 0.05) is 18.7 Å². The lowest BCUT2D eigenvalue weighted by molar-refractivity contribution is -0.130. The van der Waals surface area contributed by atoms with Crippen LogP contribution in [0.4, 0.5) is 5.69 Å².